The van der Waals surface area contributed by atoms with Crippen molar-refractivity contribution in [1.82, 2.24) is 0 Å². The van der Waals surface area contributed by atoms with E-state index >= 15 is 0 Å². The summed E-state index contributed by atoms with van der Waals surface area (Å²) < 4.78 is 5.49. The molecular weight excluding hydrogens is 344 g/mol. The molecule has 0 unspecified atom stereocenters. The number of aromatic hydroxyl groups is 1. The number of aliphatic hydroxyl groups is 3. The van der Waals surface area contributed by atoms with Gasteiger partial charge in [-0.15, -0.1) is 5.73 Å². The van der Waals surface area contributed by atoms with E-state index in [1.54, 1.807) is 24.3 Å². The normalized spacial score (nSPS) is 12.9. The maximum Gasteiger partial charge on any atom is 0.121 e. The van der Waals surface area contributed by atoms with Crippen LogP contribution in [0.4, 0.5) is 0 Å². The van der Waals surface area contributed by atoms with Crippen LogP contribution in [0.3, 0.4) is 0 Å². The molecule has 2 rings (SSSR count). The fraction of sp³-hybridized carbons (Fsp3) is 0.318. The van der Waals surface area contributed by atoms with Crippen molar-refractivity contribution < 1.29 is 25.2 Å². The Labute approximate surface area is 159 Å². The number of para-hydroxylation sites is 1. The zero-order chi connectivity index (χ0) is 19.5. The number of phenolic OH excluding ortho intramolecular Hbond substituents is 1. The molecule has 2 aromatic carbocycles. The van der Waals surface area contributed by atoms with E-state index in [1.165, 1.54) is 6.07 Å². The molecule has 0 aromatic heterocycles. The van der Waals surface area contributed by atoms with Gasteiger partial charge in [-0.25, -0.2) is 0 Å². The predicted molar refractivity (Wildman–Crippen MR) is 103 cm³/mol. The molecule has 0 spiro atoms. The number of hydrogen-bond donors (Lipinski definition) is 4. The molecule has 27 heavy (non-hydrogen) atoms. The average molecular weight is 370 g/mol. The van der Waals surface area contributed by atoms with Gasteiger partial charge in [0.25, 0.3) is 0 Å². The Balaban J connectivity index is 1.82. The minimum absolute atomic E-state index is 0.0377. The highest BCUT2D eigenvalue weighted by Crippen LogP contribution is 2.25. The molecule has 0 radical (unpaired) electrons. The molecular formula is C22H26O5. The first-order chi connectivity index (χ1) is 13.1. The number of phenols is 1. The van der Waals surface area contributed by atoms with Gasteiger partial charge in [0.2, 0.25) is 0 Å². The molecule has 5 heteroatoms. The van der Waals surface area contributed by atoms with Crippen LogP contribution < -0.4 is 0 Å². The quantitative estimate of drug-likeness (QED) is 0.483. The Morgan fingerprint density at radius 1 is 1.04 bits per heavy atom. The molecule has 144 valence electrons. The molecule has 0 aliphatic carbocycles. The van der Waals surface area contributed by atoms with Crippen molar-refractivity contribution in [3.05, 3.63) is 83.1 Å². The van der Waals surface area contributed by atoms with E-state index in [-0.39, 0.29) is 31.8 Å². The molecule has 0 saturated carbocycles. The Bertz CT molecular complexity index is 750. The van der Waals surface area contributed by atoms with Gasteiger partial charge < -0.3 is 25.2 Å². The number of hydrogen-bond acceptors (Lipinski definition) is 5. The first kappa shape index (κ1) is 20.9. The zero-order valence-corrected chi connectivity index (χ0v) is 15.2. The van der Waals surface area contributed by atoms with Crippen molar-refractivity contribution in [2.24, 2.45) is 0 Å². The molecule has 0 aliphatic heterocycles. The van der Waals surface area contributed by atoms with Crippen LogP contribution in [0.25, 0.3) is 0 Å². The van der Waals surface area contributed by atoms with E-state index in [4.69, 9.17) is 4.74 Å². The van der Waals surface area contributed by atoms with Crippen LogP contribution in [0, 0.1) is 0 Å². The lowest BCUT2D eigenvalue weighted by Crippen LogP contribution is -2.16. The van der Waals surface area contributed by atoms with Crippen molar-refractivity contribution >= 4 is 0 Å². The highest BCUT2D eigenvalue weighted by molar-refractivity contribution is 5.33. The summed E-state index contributed by atoms with van der Waals surface area (Å²) in [5, 5.41) is 39.3. The van der Waals surface area contributed by atoms with Crippen LogP contribution in [0.5, 0.6) is 5.75 Å². The van der Waals surface area contributed by atoms with Crippen LogP contribution in [-0.4, -0.2) is 39.7 Å². The van der Waals surface area contributed by atoms with E-state index < -0.39 is 12.2 Å². The third-order valence-electron chi connectivity index (χ3n) is 4.04. The summed E-state index contributed by atoms with van der Waals surface area (Å²) in [5.41, 5.74) is 4.91. The number of ether oxygens (including phenoxy) is 1. The summed E-state index contributed by atoms with van der Waals surface area (Å²) >= 11 is 0. The van der Waals surface area contributed by atoms with Crippen molar-refractivity contribution in [2.75, 3.05) is 13.2 Å². The topological polar surface area (TPSA) is 90.2 Å². The lowest BCUT2D eigenvalue weighted by atomic mass is 10.0. The Kier molecular flexibility index (Phi) is 8.78. The second kappa shape index (κ2) is 11.3. The molecule has 5 nitrogen and oxygen atoms in total. The van der Waals surface area contributed by atoms with Crippen LogP contribution >= 0.6 is 0 Å². The van der Waals surface area contributed by atoms with Crippen molar-refractivity contribution in [1.29, 1.82) is 0 Å². The first-order valence-corrected chi connectivity index (χ1v) is 8.89. The highest BCUT2D eigenvalue weighted by atomic mass is 16.5. The number of benzene rings is 2. The summed E-state index contributed by atoms with van der Waals surface area (Å²) in [6.07, 6.45) is 0.453. The fourth-order valence-corrected chi connectivity index (χ4v) is 2.61. The van der Waals surface area contributed by atoms with E-state index in [1.807, 2.05) is 30.3 Å². The van der Waals surface area contributed by atoms with Crippen LogP contribution in [-0.2, 0) is 11.3 Å². The fourth-order valence-electron chi connectivity index (χ4n) is 2.61. The van der Waals surface area contributed by atoms with E-state index in [9.17, 15) is 20.4 Å². The van der Waals surface area contributed by atoms with E-state index in [0.29, 0.717) is 17.7 Å². The van der Waals surface area contributed by atoms with Gasteiger partial charge in [-0.05, 0) is 23.3 Å². The van der Waals surface area contributed by atoms with E-state index in [0.717, 1.165) is 5.56 Å². The molecule has 0 fully saturated rings. The Hall–Kier alpha value is -2.40. The summed E-state index contributed by atoms with van der Waals surface area (Å²) in [6, 6.07) is 16.3. The largest absolute Gasteiger partial charge is 0.508 e. The molecule has 2 atom stereocenters. The number of aliphatic hydroxyl groups excluding tert-OH is 3. The Morgan fingerprint density at radius 3 is 2.44 bits per heavy atom. The SMILES string of the molecule is OCC(=C=CC[C@@H](O)c1ccccc1O)C[C@@H](O)COCc1ccccc1. The zero-order valence-electron chi connectivity index (χ0n) is 15.2. The predicted octanol–water partition coefficient (Wildman–Crippen LogP) is 2.86. The maximum absolute atomic E-state index is 10.1. The minimum atomic E-state index is -0.863. The third-order valence-corrected chi connectivity index (χ3v) is 4.04. The monoisotopic (exact) mass is 370 g/mol. The van der Waals surface area contributed by atoms with Gasteiger partial charge in [-0.1, -0.05) is 48.5 Å². The van der Waals surface area contributed by atoms with Gasteiger partial charge in [0.15, 0.2) is 0 Å². The summed E-state index contributed by atoms with van der Waals surface area (Å²) in [7, 11) is 0. The molecule has 0 heterocycles. The lowest BCUT2D eigenvalue weighted by molar-refractivity contribution is 0.0278. The molecule has 0 bridgehead atoms. The first-order valence-electron chi connectivity index (χ1n) is 8.89. The third kappa shape index (κ3) is 7.39. The molecule has 0 amide bonds. The standard InChI is InChI=1S/C22H26O5/c23-14-18(9-6-12-22(26)20-10-4-5-11-21(20)25)13-19(24)16-27-15-17-7-2-1-3-8-17/h1-8,10-11,19,22-26H,12-16H2/t9?,19-,22-/m1/s1. The number of rotatable bonds is 10. The van der Waals surface area contributed by atoms with Crippen molar-refractivity contribution in [3.8, 4) is 5.75 Å². The summed E-state index contributed by atoms with van der Waals surface area (Å²) in [6.45, 7) is 0.332. The van der Waals surface area contributed by atoms with Gasteiger partial charge >= 0.3 is 0 Å². The Morgan fingerprint density at radius 2 is 1.74 bits per heavy atom. The molecule has 0 aliphatic rings. The van der Waals surface area contributed by atoms with E-state index in [2.05, 4.69) is 5.73 Å². The average Bonchev–Trinajstić information content (AvgIpc) is 2.68. The second-order valence-corrected chi connectivity index (χ2v) is 6.28. The van der Waals surface area contributed by atoms with Crippen LogP contribution in [0.1, 0.15) is 30.1 Å². The van der Waals surface area contributed by atoms with Crippen LogP contribution in [0.15, 0.2) is 72.0 Å². The second-order valence-electron chi connectivity index (χ2n) is 6.28. The smallest absolute Gasteiger partial charge is 0.121 e. The minimum Gasteiger partial charge on any atom is -0.508 e. The van der Waals surface area contributed by atoms with Crippen molar-refractivity contribution in [3.63, 3.8) is 0 Å². The molecule has 2 aromatic rings. The van der Waals surface area contributed by atoms with Gasteiger partial charge in [0.1, 0.15) is 5.75 Å². The van der Waals surface area contributed by atoms with Crippen LogP contribution in [0.2, 0.25) is 0 Å². The molecule has 4 N–H and O–H groups in total. The highest BCUT2D eigenvalue weighted by Gasteiger charge is 2.10. The summed E-state index contributed by atoms with van der Waals surface area (Å²) in [5.74, 6) is 0.0377. The van der Waals surface area contributed by atoms with Gasteiger partial charge in [-0.2, -0.15) is 0 Å². The van der Waals surface area contributed by atoms with Gasteiger partial charge in [-0.3, -0.25) is 0 Å². The summed E-state index contributed by atoms with van der Waals surface area (Å²) in [4.78, 5) is 0. The lowest BCUT2D eigenvalue weighted by Gasteiger charge is -2.12. The van der Waals surface area contributed by atoms with Gasteiger partial charge in [0.05, 0.1) is 32.0 Å². The molecule has 0 saturated heterocycles. The van der Waals surface area contributed by atoms with Crippen molar-refractivity contribution in [2.45, 2.75) is 31.7 Å². The van der Waals surface area contributed by atoms with Gasteiger partial charge in [0, 0.05) is 18.4 Å². The maximum atomic E-state index is 10.1.